The van der Waals surface area contributed by atoms with Gasteiger partial charge in [0.25, 0.3) is 0 Å². The van der Waals surface area contributed by atoms with Crippen molar-refractivity contribution in [2.75, 3.05) is 43.6 Å². The zero-order chi connectivity index (χ0) is 19.9. The number of morpholine rings is 1. The Labute approximate surface area is 166 Å². The lowest BCUT2D eigenvalue weighted by atomic mass is 10.1. The number of anilines is 2. The predicted molar refractivity (Wildman–Crippen MR) is 110 cm³/mol. The van der Waals surface area contributed by atoms with Crippen LogP contribution in [0.2, 0.25) is 0 Å². The summed E-state index contributed by atoms with van der Waals surface area (Å²) in [5, 5.41) is 11.9. The number of carbonyl (C=O) groups is 1. The van der Waals surface area contributed by atoms with E-state index in [-0.39, 0.29) is 11.9 Å². The Kier molecular flexibility index (Phi) is 6.64. The monoisotopic (exact) mass is 378 g/mol. The standard InChI is InChI=1S/C22H26N4O2/c1-17(22(27)24-20-8-5-6-18(14-20)15-23)25(2)16-19-7-3-4-9-21(19)26-10-12-28-13-11-26/h3-9,14,17H,10-13,16H2,1-2H3,(H,24,27). The fourth-order valence-corrected chi connectivity index (χ4v) is 3.28. The summed E-state index contributed by atoms with van der Waals surface area (Å²) in [4.78, 5) is 17.0. The van der Waals surface area contributed by atoms with E-state index in [1.165, 1.54) is 11.3 Å². The number of amides is 1. The van der Waals surface area contributed by atoms with Crippen LogP contribution in [0.25, 0.3) is 0 Å². The van der Waals surface area contributed by atoms with Gasteiger partial charge in [0.15, 0.2) is 0 Å². The number of para-hydroxylation sites is 1. The summed E-state index contributed by atoms with van der Waals surface area (Å²) in [6.07, 6.45) is 0. The maximum Gasteiger partial charge on any atom is 0.241 e. The normalized spacial score (nSPS) is 15.1. The third-order valence-electron chi connectivity index (χ3n) is 5.06. The number of rotatable bonds is 6. The molecular weight excluding hydrogens is 352 g/mol. The summed E-state index contributed by atoms with van der Waals surface area (Å²) in [7, 11) is 1.95. The number of benzene rings is 2. The summed E-state index contributed by atoms with van der Waals surface area (Å²) in [6.45, 7) is 5.80. The molecule has 0 aromatic heterocycles. The van der Waals surface area contributed by atoms with Crippen molar-refractivity contribution in [2.24, 2.45) is 0 Å². The average Bonchev–Trinajstić information content (AvgIpc) is 2.74. The van der Waals surface area contributed by atoms with Crippen LogP contribution in [0.3, 0.4) is 0 Å². The van der Waals surface area contributed by atoms with E-state index in [0.29, 0.717) is 17.8 Å². The third kappa shape index (κ3) is 4.89. The van der Waals surface area contributed by atoms with Crippen LogP contribution < -0.4 is 10.2 Å². The van der Waals surface area contributed by atoms with E-state index in [1.54, 1.807) is 24.3 Å². The molecule has 0 aliphatic carbocycles. The first-order valence-electron chi connectivity index (χ1n) is 9.50. The molecule has 1 N–H and O–H groups in total. The van der Waals surface area contributed by atoms with Gasteiger partial charge in [0, 0.05) is 31.0 Å². The first-order valence-corrected chi connectivity index (χ1v) is 9.50. The molecule has 0 saturated carbocycles. The number of hydrogen-bond donors (Lipinski definition) is 1. The number of ether oxygens (including phenoxy) is 1. The van der Waals surface area contributed by atoms with Crippen LogP contribution >= 0.6 is 0 Å². The summed E-state index contributed by atoms with van der Waals surface area (Å²) >= 11 is 0. The summed E-state index contributed by atoms with van der Waals surface area (Å²) < 4.78 is 5.46. The molecule has 1 amide bonds. The number of likely N-dealkylation sites (N-methyl/N-ethyl adjacent to an activating group) is 1. The lowest BCUT2D eigenvalue weighted by Crippen LogP contribution is -2.40. The third-order valence-corrected chi connectivity index (χ3v) is 5.06. The molecule has 1 unspecified atom stereocenters. The largest absolute Gasteiger partial charge is 0.378 e. The van der Waals surface area contributed by atoms with Gasteiger partial charge in [-0.2, -0.15) is 5.26 Å². The maximum absolute atomic E-state index is 12.7. The molecule has 0 radical (unpaired) electrons. The number of carbonyl (C=O) groups excluding carboxylic acids is 1. The van der Waals surface area contributed by atoms with Crippen molar-refractivity contribution < 1.29 is 9.53 Å². The highest BCUT2D eigenvalue weighted by atomic mass is 16.5. The molecule has 0 spiro atoms. The quantitative estimate of drug-likeness (QED) is 0.837. The van der Waals surface area contributed by atoms with E-state index in [9.17, 15) is 4.79 Å². The van der Waals surface area contributed by atoms with Gasteiger partial charge in [-0.1, -0.05) is 24.3 Å². The number of nitriles is 1. The van der Waals surface area contributed by atoms with Crippen LogP contribution in [-0.4, -0.2) is 50.2 Å². The van der Waals surface area contributed by atoms with Crippen molar-refractivity contribution in [1.29, 1.82) is 5.26 Å². The van der Waals surface area contributed by atoms with Crippen molar-refractivity contribution in [3.05, 3.63) is 59.7 Å². The van der Waals surface area contributed by atoms with Gasteiger partial charge in [-0.05, 0) is 43.8 Å². The van der Waals surface area contributed by atoms with Crippen molar-refractivity contribution >= 4 is 17.3 Å². The summed E-state index contributed by atoms with van der Waals surface area (Å²) in [5.41, 5.74) is 3.56. The zero-order valence-corrected chi connectivity index (χ0v) is 16.4. The van der Waals surface area contributed by atoms with E-state index >= 15 is 0 Å². The minimum absolute atomic E-state index is 0.0959. The molecule has 1 atom stereocenters. The summed E-state index contributed by atoms with van der Waals surface area (Å²) in [6, 6.07) is 17.0. The van der Waals surface area contributed by atoms with E-state index in [2.05, 4.69) is 28.4 Å². The van der Waals surface area contributed by atoms with Crippen LogP contribution in [0, 0.1) is 11.3 Å². The Hall–Kier alpha value is -2.88. The zero-order valence-electron chi connectivity index (χ0n) is 16.4. The predicted octanol–water partition coefficient (Wildman–Crippen LogP) is 2.85. The van der Waals surface area contributed by atoms with E-state index in [1.807, 2.05) is 31.0 Å². The van der Waals surface area contributed by atoms with Crippen LogP contribution in [0.5, 0.6) is 0 Å². The second-order valence-corrected chi connectivity index (χ2v) is 7.00. The first kappa shape index (κ1) is 19.9. The Morgan fingerprint density at radius 1 is 1.25 bits per heavy atom. The highest BCUT2D eigenvalue weighted by Crippen LogP contribution is 2.23. The number of nitrogens with zero attached hydrogens (tertiary/aromatic N) is 3. The molecule has 1 aliphatic rings. The molecule has 1 fully saturated rings. The lowest BCUT2D eigenvalue weighted by molar-refractivity contribution is -0.120. The highest BCUT2D eigenvalue weighted by molar-refractivity contribution is 5.94. The fraction of sp³-hybridized carbons (Fsp3) is 0.364. The SMILES string of the molecule is CC(C(=O)Nc1cccc(C#N)c1)N(C)Cc1ccccc1N1CCOCC1. The average molecular weight is 378 g/mol. The molecule has 2 aromatic rings. The highest BCUT2D eigenvalue weighted by Gasteiger charge is 2.21. The van der Waals surface area contributed by atoms with Crippen molar-refractivity contribution in [1.82, 2.24) is 4.90 Å². The van der Waals surface area contributed by atoms with Gasteiger partial charge in [0.1, 0.15) is 0 Å². The second-order valence-electron chi connectivity index (χ2n) is 7.00. The van der Waals surface area contributed by atoms with E-state index in [0.717, 1.165) is 26.3 Å². The number of nitrogens with one attached hydrogen (secondary N) is 1. The fourth-order valence-electron chi connectivity index (χ4n) is 3.28. The minimum atomic E-state index is -0.316. The van der Waals surface area contributed by atoms with Crippen LogP contribution in [0.15, 0.2) is 48.5 Å². The van der Waals surface area contributed by atoms with Gasteiger partial charge < -0.3 is 15.0 Å². The smallest absolute Gasteiger partial charge is 0.241 e. The Morgan fingerprint density at radius 2 is 2.00 bits per heavy atom. The Balaban J connectivity index is 1.66. The van der Waals surface area contributed by atoms with Gasteiger partial charge in [-0.25, -0.2) is 0 Å². The van der Waals surface area contributed by atoms with E-state index in [4.69, 9.17) is 10.00 Å². The molecule has 3 rings (SSSR count). The van der Waals surface area contributed by atoms with Crippen LogP contribution in [0.1, 0.15) is 18.1 Å². The molecule has 0 bridgehead atoms. The molecule has 1 aliphatic heterocycles. The molecular formula is C22H26N4O2. The van der Waals surface area contributed by atoms with Gasteiger partial charge in [-0.15, -0.1) is 0 Å². The van der Waals surface area contributed by atoms with Gasteiger partial charge in [0.05, 0.1) is 30.9 Å². The summed E-state index contributed by atoms with van der Waals surface area (Å²) in [5.74, 6) is -0.0959. The second kappa shape index (κ2) is 9.36. The molecule has 1 heterocycles. The molecule has 6 nitrogen and oxygen atoms in total. The Morgan fingerprint density at radius 3 is 2.75 bits per heavy atom. The molecule has 2 aromatic carbocycles. The molecule has 6 heteroatoms. The van der Waals surface area contributed by atoms with Crippen molar-refractivity contribution in [2.45, 2.75) is 19.5 Å². The van der Waals surface area contributed by atoms with Gasteiger partial charge in [-0.3, -0.25) is 9.69 Å². The number of hydrogen-bond acceptors (Lipinski definition) is 5. The van der Waals surface area contributed by atoms with Gasteiger partial charge in [0.2, 0.25) is 5.91 Å². The molecule has 28 heavy (non-hydrogen) atoms. The van der Waals surface area contributed by atoms with E-state index < -0.39 is 0 Å². The first-order chi connectivity index (χ1) is 13.6. The minimum Gasteiger partial charge on any atom is -0.378 e. The maximum atomic E-state index is 12.7. The molecule has 146 valence electrons. The van der Waals surface area contributed by atoms with Crippen molar-refractivity contribution in [3.63, 3.8) is 0 Å². The Bertz CT molecular complexity index is 856. The molecule has 1 saturated heterocycles. The topological polar surface area (TPSA) is 68.6 Å². The van der Waals surface area contributed by atoms with Gasteiger partial charge >= 0.3 is 0 Å². The lowest BCUT2D eigenvalue weighted by Gasteiger charge is -2.32. The van der Waals surface area contributed by atoms with Crippen molar-refractivity contribution in [3.8, 4) is 6.07 Å². The van der Waals surface area contributed by atoms with Crippen LogP contribution in [-0.2, 0) is 16.1 Å². The van der Waals surface area contributed by atoms with Crippen LogP contribution in [0.4, 0.5) is 11.4 Å².